The summed E-state index contributed by atoms with van der Waals surface area (Å²) in [5, 5.41) is 0.123. The first-order valence-electron chi connectivity index (χ1n) is 3.96. The summed E-state index contributed by atoms with van der Waals surface area (Å²) in [4.78, 5) is 22.7. The zero-order chi connectivity index (χ0) is 11.0. The lowest BCUT2D eigenvalue weighted by Gasteiger charge is -2.03. The van der Waals surface area contributed by atoms with Crippen molar-refractivity contribution in [2.24, 2.45) is 5.73 Å². The molecule has 2 aromatic rings. The topological polar surface area (TPSA) is 108 Å². The van der Waals surface area contributed by atoms with Crippen LogP contribution in [-0.4, -0.2) is 20.9 Å². The first-order valence-corrected chi connectivity index (χ1v) is 4.34. The van der Waals surface area contributed by atoms with Crippen molar-refractivity contribution in [3.05, 3.63) is 23.1 Å². The Morgan fingerprint density at radius 1 is 1.33 bits per heavy atom. The van der Waals surface area contributed by atoms with Gasteiger partial charge in [0.05, 0.1) is 5.56 Å². The van der Waals surface area contributed by atoms with Gasteiger partial charge in [0, 0.05) is 0 Å². The van der Waals surface area contributed by atoms with Crippen LogP contribution in [0.1, 0.15) is 10.4 Å². The Labute approximate surface area is 89.3 Å². The van der Waals surface area contributed by atoms with Gasteiger partial charge in [-0.1, -0.05) is 11.6 Å². The van der Waals surface area contributed by atoms with Gasteiger partial charge >= 0.3 is 0 Å². The first kappa shape index (κ1) is 9.60. The third-order valence-corrected chi connectivity index (χ3v) is 2.05. The van der Waals surface area contributed by atoms with E-state index in [1.54, 1.807) is 0 Å². The highest BCUT2D eigenvalue weighted by molar-refractivity contribution is 6.30. The number of fused-ring (bicyclic) bond motifs is 1. The second kappa shape index (κ2) is 3.32. The van der Waals surface area contributed by atoms with E-state index in [0.29, 0.717) is 5.52 Å². The molecule has 7 heteroatoms. The first-order chi connectivity index (χ1) is 7.09. The molecule has 15 heavy (non-hydrogen) atoms. The summed E-state index contributed by atoms with van der Waals surface area (Å²) in [6, 6.07) is 1.35. The van der Waals surface area contributed by atoms with Crippen LogP contribution in [0.4, 0.5) is 5.82 Å². The minimum absolute atomic E-state index is 0.123. The molecule has 0 saturated heterocycles. The van der Waals surface area contributed by atoms with Crippen LogP contribution in [0.25, 0.3) is 11.0 Å². The van der Waals surface area contributed by atoms with E-state index < -0.39 is 5.91 Å². The number of rotatable bonds is 1. The van der Waals surface area contributed by atoms with Gasteiger partial charge in [0.25, 0.3) is 5.91 Å². The van der Waals surface area contributed by atoms with Crippen LogP contribution in [-0.2, 0) is 0 Å². The van der Waals surface area contributed by atoms with E-state index in [0.717, 1.165) is 0 Å². The molecule has 0 saturated carbocycles. The fraction of sp³-hybridized carbons (Fsp3) is 0. The Hall–Kier alpha value is -1.95. The summed E-state index contributed by atoms with van der Waals surface area (Å²) in [6.07, 6.45) is 1.24. The number of anilines is 1. The molecule has 2 aromatic heterocycles. The van der Waals surface area contributed by atoms with Crippen LogP contribution < -0.4 is 11.5 Å². The zero-order valence-electron chi connectivity index (χ0n) is 7.44. The molecule has 6 nitrogen and oxygen atoms in total. The smallest absolute Gasteiger partial charge is 0.251 e. The molecule has 2 heterocycles. The summed E-state index contributed by atoms with van der Waals surface area (Å²) in [5.74, 6) is -0.479. The maximum atomic E-state index is 11.1. The van der Waals surface area contributed by atoms with Crippen molar-refractivity contribution in [2.75, 3.05) is 5.73 Å². The molecule has 0 bridgehead atoms. The molecule has 0 aliphatic rings. The van der Waals surface area contributed by atoms with Crippen molar-refractivity contribution in [3.63, 3.8) is 0 Å². The molecule has 0 radical (unpaired) electrons. The lowest BCUT2D eigenvalue weighted by Crippen LogP contribution is -2.13. The number of carbonyl (C=O) groups excluding carboxylic acids is 1. The van der Waals surface area contributed by atoms with Crippen LogP contribution in [0, 0.1) is 0 Å². The number of nitrogen functional groups attached to an aromatic ring is 1. The second-order valence-electron chi connectivity index (χ2n) is 2.81. The fourth-order valence-corrected chi connectivity index (χ4v) is 1.41. The minimum Gasteiger partial charge on any atom is -0.382 e. The van der Waals surface area contributed by atoms with E-state index in [4.69, 9.17) is 23.1 Å². The van der Waals surface area contributed by atoms with Crippen molar-refractivity contribution in [2.45, 2.75) is 0 Å². The molecule has 0 aliphatic carbocycles. The summed E-state index contributed by atoms with van der Waals surface area (Å²) in [5.41, 5.74) is 11.5. The highest BCUT2D eigenvalue weighted by Gasteiger charge is 2.12. The minimum atomic E-state index is -0.637. The third-order valence-electron chi connectivity index (χ3n) is 1.85. The number of primary amides is 1. The van der Waals surface area contributed by atoms with Crippen LogP contribution in [0.3, 0.4) is 0 Å². The summed E-state index contributed by atoms with van der Waals surface area (Å²) < 4.78 is 0. The van der Waals surface area contributed by atoms with Gasteiger partial charge in [-0.15, -0.1) is 0 Å². The van der Waals surface area contributed by atoms with E-state index in [1.807, 2.05) is 0 Å². The van der Waals surface area contributed by atoms with E-state index in [1.165, 1.54) is 12.4 Å². The van der Waals surface area contributed by atoms with Gasteiger partial charge in [-0.05, 0) is 6.07 Å². The zero-order valence-corrected chi connectivity index (χ0v) is 8.19. The predicted octanol–water partition coefficient (Wildman–Crippen LogP) is 0.359. The molecule has 4 N–H and O–H groups in total. The van der Waals surface area contributed by atoms with Crippen molar-refractivity contribution in [3.8, 4) is 0 Å². The molecule has 0 unspecified atom stereocenters. The normalized spacial score (nSPS) is 10.5. The maximum Gasteiger partial charge on any atom is 0.251 e. The number of amides is 1. The van der Waals surface area contributed by atoms with Crippen LogP contribution in [0.15, 0.2) is 12.4 Å². The second-order valence-corrected chi connectivity index (χ2v) is 3.20. The highest BCUT2D eigenvalue weighted by atomic mass is 35.5. The molecular weight excluding hydrogens is 218 g/mol. The fourth-order valence-electron chi connectivity index (χ4n) is 1.21. The Kier molecular flexibility index (Phi) is 2.12. The lowest BCUT2D eigenvalue weighted by molar-refractivity contribution is 0.100. The molecule has 0 spiro atoms. The molecule has 76 valence electrons. The average molecular weight is 224 g/mol. The van der Waals surface area contributed by atoms with Gasteiger partial charge in [-0.25, -0.2) is 15.0 Å². The molecular formula is C8H6ClN5O. The maximum absolute atomic E-state index is 11.1. The van der Waals surface area contributed by atoms with Gasteiger partial charge in [-0.2, -0.15) is 0 Å². The van der Waals surface area contributed by atoms with Crippen LogP contribution in [0.5, 0.6) is 0 Å². The SMILES string of the molecule is NC(=O)c1cc(Cl)nc2c(N)ncnc12. The van der Waals surface area contributed by atoms with E-state index in [-0.39, 0.29) is 22.1 Å². The molecule has 2 rings (SSSR count). The Morgan fingerprint density at radius 3 is 2.73 bits per heavy atom. The number of halogens is 1. The Balaban J connectivity index is 2.92. The quantitative estimate of drug-likeness (QED) is 0.679. The Bertz CT molecular complexity index is 556. The highest BCUT2D eigenvalue weighted by Crippen LogP contribution is 2.21. The number of nitrogens with two attached hydrogens (primary N) is 2. The lowest BCUT2D eigenvalue weighted by atomic mass is 10.2. The molecule has 1 amide bonds. The van der Waals surface area contributed by atoms with Crippen molar-refractivity contribution in [1.82, 2.24) is 15.0 Å². The third kappa shape index (κ3) is 1.55. The molecule has 0 fully saturated rings. The van der Waals surface area contributed by atoms with Gasteiger partial charge in [0.15, 0.2) is 5.82 Å². The number of aromatic nitrogens is 3. The summed E-state index contributed by atoms with van der Waals surface area (Å²) >= 11 is 5.71. The number of carbonyl (C=O) groups is 1. The van der Waals surface area contributed by atoms with Gasteiger partial charge < -0.3 is 11.5 Å². The van der Waals surface area contributed by atoms with E-state index in [2.05, 4.69) is 15.0 Å². The summed E-state index contributed by atoms with van der Waals surface area (Å²) in [6.45, 7) is 0. The van der Waals surface area contributed by atoms with Gasteiger partial charge in [-0.3, -0.25) is 4.79 Å². The van der Waals surface area contributed by atoms with Crippen LogP contribution >= 0.6 is 11.6 Å². The molecule has 0 atom stereocenters. The standard InChI is InChI=1S/C8H6ClN5O/c9-4-1-3(8(11)15)5-6(14-4)7(10)13-2-12-5/h1-2H,(H2,11,15)(H2,10,12,13). The van der Waals surface area contributed by atoms with Crippen molar-refractivity contribution >= 4 is 34.4 Å². The van der Waals surface area contributed by atoms with Gasteiger partial charge in [0.2, 0.25) is 0 Å². The number of nitrogens with zero attached hydrogens (tertiary/aromatic N) is 3. The largest absolute Gasteiger partial charge is 0.382 e. The van der Waals surface area contributed by atoms with Crippen molar-refractivity contribution < 1.29 is 4.79 Å². The van der Waals surface area contributed by atoms with Crippen molar-refractivity contribution in [1.29, 1.82) is 0 Å². The number of hydrogen-bond donors (Lipinski definition) is 2. The van der Waals surface area contributed by atoms with E-state index >= 15 is 0 Å². The van der Waals surface area contributed by atoms with Gasteiger partial charge in [0.1, 0.15) is 22.5 Å². The molecule has 0 aliphatic heterocycles. The predicted molar refractivity (Wildman–Crippen MR) is 55.3 cm³/mol. The Morgan fingerprint density at radius 2 is 2.07 bits per heavy atom. The number of hydrogen-bond acceptors (Lipinski definition) is 5. The van der Waals surface area contributed by atoms with E-state index in [9.17, 15) is 4.79 Å². The summed E-state index contributed by atoms with van der Waals surface area (Å²) in [7, 11) is 0. The molecule has 0 aromatic carbocycles. The average Bonchev–Trinajstić information content (AvgIpc) is 2.18. The monoisotopic (exact) mass is 223 g/mol. The van der Waals surface area contributed by atoms with Crippen LogP contribution in [0.2, 0.25) is 5.15 Å². The number of pyridine rings is 1.